The molecule has 1 spiro atoms. The molecule has 1 aromatic carbocycles. The summed E-state index contributed by atoms with van der Waals surface area (Å²) in [4.78, 5) is 41.2. The molecule has 8 nitrogen and oxygen atoms in total. The molecule has 234 valence electrons. The van der Waals surface area contributed by atoms with E-state index in [4.69, 9.17) is 16.2 Å². The topological polar surface area (TPSA) is 117 Å². The fraction of sp³-hybridized carbons (Fsp3) is 0.667. The number of fused-ring (bicyclic) bond motifs is 4. The smallest absolute Gasteiger partial charge is 0.357 e. The van der Waals surface area contributed by atoms with Crippen molar-refractivity contribution in [1.29, 1.82) is 0 Å². The van der Waals surface area contributed by atoms with E-state index in [-0.39, 0.29) is 46.5 Å². The van der Waals surface area contributed by atoms with Crippen LogP contribution in [0, 0.1) is 23.7 Å². The zero-order valence-corrected chi connectivity index (χ0v) is 25.7. The average Bonchev–Trinajstić information content (AvgIpc) is 3.67. The molecule has 0 bridgehead atoms. The summed E-state index contributed by atoms with van der Waals surface area (Å²) in [6.45, 7) is -0.00481. The van der Waals surface area contributed by atoms with Crippen molar-refractivity contribution in [3.8, 4) is 0 Å². The van der Waals surface area contributed by atoms with Crippen LogP contribution < -0.4 is 16.0 Å². The highest BCUT2D eigenvalue weighted by molar-refractivity contribution is 6.02. The molecule has 4 N–H and O–H groups in total. The van der Waals surface area contributed by atoms with Gasteiger partial charge in [0, 0.05) is 48.7 Å². The molecule has 5 aliphatic rings. The number of hydrogen-bond acceptors (Lipinski definition) is 5. The summed E-state index contributed by atoms with van der Waals surface area (Å²) in [5.41, 5.74) is 14.0. The lowest BCUT2D eigenvalue weighted by atomic mass is 9.75. The fourth-order valence-electron chi connectivity index (χ4n) is 9.49. The Bertz CT molecular complexity index is 1410. The van der Waals surface area contributed by atoms with E-state index < -0.39 is 30.4 Å². The first kappa shape index (κ1) is 30.5. The summed E-state index contributed by atoms with van der Waals surface area (Å²) in [7, 11) is 0. The Hall–Kier alpha value is -2.49. The van der Waals surface area contributed by atoms with Gasteiger partial charge in [-0.15, -0.1) is 12.4 Å². The monoisotopic (exact) mass is 615 g/mol. The summed E-state index contributed by atoms with van der Waals surface area (Å²) in [5, 5.41) is 0.887. The van der Waals surface area contributed by atoms with Gasteiger partial charge in [0.1, 0.15) is 18.1 Å². The molecule has 1 saturated heterocycles. The molecule has 0 radical (unpaired) electrons. The SMILES string of the molecule is Cl.NC(=O)[C@@H]1[C@H](C2CCCCC2)CC[N+]1(c1ccc2c(c1)cc1n2C2(CCC2)OC1=O)C(=O)[C@H]1CC[C@H]([C@H](N)CF)CC1. The third-order valence-corrected chi connectivity index (χ3v) is 11.8. The van der Waals surface area contributed by atoms with E-state index in [1.54, 1.807) is 0 Å². The maximum Gasteiger partial charge on any atom is 0.357 e. The van der Waals surface area contributed by atoms with Crippen LogP contribution in [0.15, 0.2) is 24.3 Å². The largest absolute Gasteiger partial charge is 0.434 e. The number of alkyl halides is 1. The number of likely N-dealkylation sites (tertiary alicyclic amines) is 1. The quantitative estimate of drug-likeness (QED) is 0.330. The second-order valence-electron chi connectivity index (χ2n) is 13.9. The van der Waals surface area contributed by atoms with Crippen LogP contribution in [0.25, 0.3) is 10.9 Å². The molecule has 7 rings (SSSR count). The van der Waals surface area contributed by atoms with Crippen LogP contribution in [-0.2, 0) is 20.1 Å². The highest BCUT2D eigenvalue weighted by atomic mass is 35.5. The predicted octanol–water partition coefficient (Wildman–Crippen LogP) is 5.46. The number of aromatic nitrogens is 1. The predicted molar refractivity (Wildman–Crippen MR) is 165 cm³/mol. The van der Waals surface area contributed by atoms with Crippen LogP contribution in [-0.4, -0.2) is 47.7 Å². The second-order valence-corrected chi connectivity index (χ2v) is 13.9. The molecule has 2 aliphatic heterocycles. The highest BCUT2D eigenvalue weighted by Gasteiger charge is 2.61. The molecule has 4 atom stereocenters. The van der Waals surface area contributed by atoms with Gasteiger partial charge in [0.2, 0.25) is 0 Å². The minimum atomic E-state index is -0.624. The lowest BCUT2D eigenvalue weighted by molar-refractivity contribution is -0.142. The van der Waals surface area contributed by atoms with E-state index in [9.17, 15) is 18.8 Å². The van der Waals surface area contributed by atoms with E-state index in [1.165, 1.54) is 6.42 Å². The van der Waals surface area contributed by atoms with Gasteiger partial charge in [-0.05, 0) is 68.9 Å². The molecule has 2 amide bonds. The number of amides is 2. The number of nitrogens with zero attached hydrogens (tertiary/aromatic N) is 2. The van der Waals surface area contributed by atoms with Gasteiger partial charge < -0.3 is 16.2 Å². The molecule has 1 unspecified atom stereocenters. The van der Waals surface area contributed by atoms with E-state index in [2.05, 4.69) is 0 Å². The highest BCUT2D eigenvalue weighted by Crippen LogP contribution is 2.51. The first-order valence-corrected chi connectivity index (χ1v) is 16.2. The molecule has 1 aromatic heterocycles. The average molecular weight is 616 g/mol. The number of rotatable bonds is 6. The number of esters is 1. The van der Waals surface area contributed by atoms with Crippen LogP contribution in [0.1, 0.15) is 94.0 Å². The van der Waals surface area contributed by atoms with Crippen molar-refractivity contribution >= 4 is 46.8 Å². The third-order valence-electron chi connectivity index (χ3n) is 11.8. The number of quaternary nitrogens is 1. The molecule has 3 saturated carbocycles. The van der Waals surface area contributed by atoms with Gasteiger partial charge >= 0.3 is 11.9 Å². The second kappa shape index (κ2) is 11.5. The molecule has 10 heteroatoms. The van der Waals surface area contributed by atoms with E-state index in [0.717, 1.165) is 68.0 Å². The number of halogens is 2. The summed E-state index contributed by atoms with van der Waals surface area (Å²) in [5.74, 6) is -0.353. The van der Waals surface area contributed by atoms with Gasteiger partial charge in [0.05, 0.1) is 18.0 Å². The zero-order chi connectivity index (χ0) is 29.2. The number of ether oxygens (including phenoxy) is 1. The molecular weight excluding hydrogens is 571 g/mol. The Kier molecular flexibility index (Phi) is 8.14. The Labute approximate surface area is 258 Å². The lowest BCUT2D eigenvalue weighted by Gasteiger charge is -2.42. The van der Waals surface area contributed by atoms with E-state index in [0.29, 0.717) is 43.8 Å². The molecule has 2 aromatic rings. The normalized spacial score (nSPS) is 32.6. The van der Waals surface area contributed by atoms with Crippen LogP contribution in [0.5, 0.6) is 0 Å². The standard InChI is InChI=1S/C33H43FN4O4.ClH/c34-19-26(35)21-7-9-22(10-8-21)31(40)38(16-13-25(29(38)30(36)39)20-5-2-1-3-6-20)24-11-12-27-23(17-24)18-28-32(41)42-33(37(27)28)14-4-15-33;/h11-12,17-18,20-22,25-26,29H,1-10,13-16,19,35H2,(H-,36,39);1H/p+1/t21-,22-,25-,26+,29-,38?;/m0./s1. The number of primary amides is 1. The first-order valence-electron chi connectivity index (χ1n) is 16.2. The van der Waals surface area contributed by atoms with Crippen molar-refractivity contribution in [3.63, 3.8) is 0 Å². The van der Waals surface area contributed by atoms with Gasteiger partial charge in [0.15, 0.2) is 11.8 Å². The number of carbonyl (C=O) groups excluding carboxylic acids is 3. The van der Waals surface area contributed by atoms with Crippen molar-refractivity contribution in [1.82, 2.24) is 9.05 Å². The molecule has 3 aliphatic carbocycles. The van der Waals surface area contributed by atoms with Crippen LogP contribution >= 0.6 is 12.4 Å². The Morgan fingerprint density at radius 2 is 1.74 bits per heavy atom. The number of benzene rings is 1. The van der Waals surface area contributed by atoms with Gasteiger partial charge in [-0.1, -0.05) is 19.3 Å². The fourth-order valence-corrected chi connectivity index (χ4v) is 9.49. The van der Waals surface area contributed by atoms with E-state index in [1.807, 2.05) is 28.8 Å². The Morgan fingerprint density at radius 3 is 2.37 bits per heavy atom. The molecular formula is C33H45ClFN4O4+. The van der Waals surface area contributed by atoms with Gasteiger partial charge in [-0.3, -0.25) is 9.36 Å². The Morgan fingerprint density at radius 1 is 1.02 bits per heavy atom. The van der Waals surface area contributed by atoms with Crippen molar-refractivity contribution < 1.29 is 23.5 Å². The minimum Gasteiger partial charge on any atom is -0.434 e. The van der Waals surface area contributed by atoms with Crippen molar-refractivity contribution in [2.75, 3.05) is 13.2 Å². The molecule has 43 heavy (non-hydrogen) atoms. The Balaban J connectivity index is 0.00000329. The van der Waals surface area contributed by atoms with Crippen molar-refractivity contribution in [3.05, 3.63) is 30.0 Å². The molecule has 3 heterocycles. The maximum atomic E-state index is 14.9. The lowest BCUT2D eigenvalue weighted by Crippen LogP contribution is -2.65. The van der Waals surface area contributed by atoms with Crippen LogP contribution in [0.3, 0.4) is 0 Å². The number of nitrogens with two attached hydrogens (primary N) is 2. The summed E-state index contributed by atoms with van der Waals surface area (Å²) in [6.07, 6.45) is 11.8. The minimum absolute atomic E-state index is 0. The van der Waals surface area contributed by atoms with Crippen LogP contribution in [0.4, 0.5) is 10.1 Å². The number of hydrogen-bond donors (Lipinski definition) is 2. The van der Waals surface area contributed by atoms with Gasteiger partial charge in [0.25, 0.3) is 5.91 Å². The zero-order valence-electron chi connectivity index (χ0n) is 24.8. The molecule has 4 fully saturated rings. The van der Waals surface area contributed by atoms with Crippen LogP contribution in [0.2, 0.25) is 0 Å². The third kappa shape index (κ3) is 4.64. The first-order chi connectivity index (χ1) is 20.3. The van der Waals surface area contributed by atoms with Crippen molar-refractivity contribution in [2.45, 2.75) is 101 Å². The van der Waals surface area contributed by atoms with E-state index >= 15 is 0 Å². The van der Waals surface area contributed by atoms with Crippen molar-refractivity contribution in [2.24, 2.45) is 35.1 Å². The number of carbonyl (C=O) groups is 3. The summed E-state index contributed by atoms with van der Waals surface area (Å²) < 4.78 is 21.1. The van der Waals surface area contributed by atoms with Gasteiger partial charge in [-0.2, -0.15) is 0 Å². The maximum absolute atomic E-state index is 14.9. The van der Waals surface area contributed by atoms with Gasteiger partial charge in [-0.25, -0.2) is 18.5 Å². The summed E-state index contributed by atoms with van der Waals surface area (Å²) >= 11 is 0. The summed E-state index contributed by atoms with van der Waals surface area (Å²) in [6, 6.07) is 6.80.